The van der Waals surface area contributed by atoms with E-state index in [0.29, 0.717) is 11.1 Å². The molecule has 0 radical (unpaired) electrons. The summed E-state index contributed by atoms with van der Waals surface area (Å²) in [7, 11) is 0. The molecule has 55 heavy (non-hydrogen) atoms. The largest absolute Gasteiger partial charge is 0.309 e. The second kappa shape index (κ2) is 11.8. The number of nitrogens with zero attached hydrogens (tertiary/aromatic N) is 5. The standard InChI is InChI=1S/C50H29N5/c51-30-33-11-9-21-46(55-45-20-8-4-16-41(45)50-34(31-52)12-10-22-47(50)55)49(33)32-23-25-35(26-24-32)53-42-17-5-3-15-39(42)40-28-27-36(29-48(40)53)54-43-18-6-1-13-37(43)38-14-2-7-19-44(38)54/h1-29H. The third-order valence-corrected chi connectivity index (χ3v) is 11.1. The molecular formula is C50H29N5. The maximum absolute atomic E-state index is 10.5. The van der Waals surface area contributed by atoms with E-state index in [9.17, 15) is 10.5 Å². The van der Waals surface area contributed by atoms with Gasteiger partial charge in [0.25, 0.3) is 0 Å². The maximum atomic E-state index is 10.5. The van der Waals surface area contributed by atoms with Crippen molar-refractivity contribution < 1.29 is 0 Å². The average Bonchev–Trinajstić information content (AvgIpc) is 3.89. The van der Waals surface area contributed by atoms with Crippen LogP contribution in [0, 0.1) is 22.7 Å². The van der Waals surface area contributed by atoms with Gasteiger partial charge in [0.05, 0.1) is 62.1 Å². The Kier molecular flexibility index (Phi) is 6.61. The van der Waals surface area contributed by atoms with Crippen molar-refractivity contribution in [2.24, 2.45) is 0 Å². The molecule has 0 spiro atoms. The van der Waals surface area contributed by atoms with E-state index in [-0.39, 0.29) is 0 Å². The van der Waals surface area contributed by atoms with Gasteiger partial charge in [-0.2, -0.15) is 10.5 Å². The van der Waals surface area contributed by atoms with Crippen molar-refractivity contribution in [1.82, 2.24) is 13.7 Å². The Labute approximate surface area is 316 Å². The first-order chi connectivity index (χ1) is 27.2. The van der Waals surface area contributed by atoms with Crippen molar-refractivity contribution in [1.29, 1.82) is 10.5 Å². The zero-order valence-electron chi connectivity index (χ0n) is 29.5. The number of hydrogen-bond donors (Lipinski definition) is 0. The van der Waals surface area contributed by atoms with Gasteiger partial charge >= 0.3 is 0 Å². The van der Waals surface area contributed by atoms with Crippen LogP contribution < -0.4 is 0 Å². The van der Waals surface area contributed by atoms with Gasteiger partial charge in [-0.1, -0.05) is 103 Å². The number of fused-ring (bicyclic) bond motifs is 9. The van der Waals surface area contributed by atoms with Crippen LogP contribution in [0.1, 0.15) is 11.1 Å². The molecule has 5 nitrogen and oxygen atoms in total. The summed E-state index contributed by atoms with van der Waals surface area (Å²) in [5.74, 6) is 0. The average molecular weight is 700 g/mol. The van der Waals surface area contributed by atoms with Crippen molar-refractivity contribution in [3.05, 3.63) is 187 Å². The number of benzene rings is 8. The third kappa shape index (κ3) is 4.39. The summed E-state index contributed by atoms with van der Waals surface area (Å²) in [4.78, 5) is 0. The summed E-state index contributed by atoms with van der Waals surface area (Å²) < 4.78 is 6.90. The molecule has 3 aromatic heterocycles. The Hall–Kier alpha value is -7.86. The van der Waals surface area contributed by atoms with Crippen LogP contribution in [0.2, 0.25) is 0 Å². The first-order valence-electron chi connectivity index (χ1n) is 18.3. The molecule has 0 bridgehead atoms. The van der Waals surface area contributed by atoms with E-state index in [0.717, 1.165) is 61.0 Å². The van der Waals surface area contributed by atoms with Crippen molar-refractivity contribution in [3.63, 3.8) is 0 Å². The van der Waals surface area contributed by atoms with Crippen molar-refractivity contribution >= 4 is 65.4 Å². The first-order valence-corrected chi connectivity index (χ1v) is 18.3. The lowest BCUT2D eigenvalue weighted by Gasteiger charge is -2.16. The third-order valence-electron chi connectivity index (χ3n) is 11.1. The second-order valence-corrected chi connectivity index (χ2v) is 13.9. The van der Waals surface area contributed by atoms with Crippen LogP contribution in [0.5, 0.6) is 0 Å². The van der Waals surface area contributed by atoms with E-state index in [4.69, 9.17) is 0 Å². The lowest BCUT2D eigenvalue weighted by atomic mass is 9.97. The number of nitriles is 2. The van der Waals surface area contributed by atoms with Gasteiger partial charge in [0, 0.05) is 49.3 Å². The molecule has 11 aromatic rings. The molecule has 3 heterocycles. The molecule has 0 fully saturated rings. The molecule has 8 aromatic carbocycles. The molecule has 0 N–H and O–H groups in total. The lowest BCUT2D eigenvalue weighted by molar-refractivity contribution is 1.15. The highest BCUT2D eigenvalue weighted by atomic mass is 15.0. The zero-order valence-corrected chi connectivity index (χ0v) is 29.5. The van der Waals surface area contributed by atoms with E-state index in [1.807, 2.05) is 36.4 Å². The van der Waals surface area contributed by atoms with Crippen LogP contribution in [0.4, 0.5) is 0 Å². The van der Waals surface area contributed by atoms with Gasteiger partial charge in [-0.05, 0) is 78.4 Å². The summed E-state index contributed by atoms with van der Waals surface area (Å²) in [5.41, 5.74) is 12.5. The Morgan fingerprint density at radius 1 is 0.345 bits per heavy atom. The Balaban J connectivity index is 1.12. The normalized spacial score (nSPS) is 11.6. The Morgan fingerprint density at radius 2 is 0.818 bits per heavy atom. The second-order valence-electron chi connectivity index (χ2n) is 13.9. The zero-order chi connectivity index (χ0) is 36.6. The van der Waals surface area contributed by atoms with E-state index in [2.05, 4.69) is 165 Å². The number of rotatable bonds is 4. The molecule has 11 rings (SSSR count). The summed E-state index contributed by atoms with van der Waals surface area (Å²) in [6.45, 7) is 0. The van der Waals surface area contributed by atoms with E-state index < -0.39 is 0 Å². The molecular weight excluding hydrogens is 671 g/mol. The molecule has 0 saturated carbocycles. The summed E-state index contributed by atoms with van der Waals surface area (Å²) in [6, 6.07) is 65.9. The highest BCUT2D eigenvalue weighted by Gasteiger charge is 2.21. The summed E-state index contributed by atoms with van der Waals surface area (Å²) >= 11 is 0. The Morgan fingerprint density at radius 3 is 1.44 bits per heavy atom. The fraction of sp³-hybridized carbons (Fsp3) is 0. The summed E-state index contributed by atoms with van der Waals surface area (Å²) in [5, 5.41) is 27.3. The van der Waals surface area contributed by atoms with Crippen molar-refractivity contribution in [3.8, 4) is 40.3 Å². The van der Waals surface area contributed by atoms with Gasteiger partial charge in [-0.3, -0.25) is 0 Å². The lowest BCUT2D eigenvalue weighted by Crippen LogP contribution is -2.00. The molecule has 0 unspecified atom stereocenters. The SMILES string of the molecule is N#Cc1cccc(-n2c3ccccc3c3c(C#N)cccc32)c1-c1ccc(-n2c3ccccc3c3ccc(-n4c5ccccc5c5ccccc54)cc32)cc1. The van der Waals surface area contributed by atoms with E-state index in [1.165, 1.54) is 32.6 Å². The highest BCUT2D eigenvalue weighted by molar-refractivity contribution is 6.13. The first kappa shape index (κ1) is 30.7. The minimum Gasteiger partial charge on any atom is -0.309 e. The van der Waals surface area contributed by atoms with Crippen LogP contribution in [0.3, 0.4) is 0 Å². The van der Waals surface area contributed by atoms with Crippen LogP contribution >= 0.6 is 0 Å². The van der Waals surface area contributed by atoms with Gasteiger partial charge in [0.2, 0.25) is 0 Å². The fourth-order valence-corrected chi connectivity index (χ4v) is 8.85. The molecule has 0 atom stereocenters. The van der Waals surface area contributed by atoms with Crippen LogP contribution in [0.15, 0.2) is 176 Å². The summed E-state index contributed by atoms with van der Waals surface area (Å²) in [6.07, 6.45) is 0. The van der Waals surface area contributed by atoms with Gasteiger partial charge < -0.3 is 13.7 Å². The number of para-hydroxylation sites is 4. The minimum absolute atomic E-state index is 0.584. The molecule has 0 amide bonds. The van der Waals surface area contributed by atoms with E-state index >= 15 is 0 Å². The molecule has 0 aliphatic carbocycles. The predicted octanol–water partition coefficient (Wildman–Crippen LogP) is 12.4. The van der Waals surface area contributed by atoms with Crippen molar-refractivity contribution in [2.45, 2.75) is 0 Å². The molecule has 0 aliphatic rings. The maximum Gasteiger partial charge on any atom is 0.0998 e. The topological polar surface area (TPSA) is 62.4 Å². The quantitative estimate of drug-likeness (QED) is 0.184. The monoisotopic (exact) mass is 699 g/mol. The number of aromatic nitrogens is 3. The minimum atomic E-state index is 0.584. The van der Waals surface area contributed by atoms with Gasteiger partial charge in [-0.25, -0.2) is 0 Å². The van der Waals surface area contributed by atoms with Crippen LogP contribution in [-0.4, -0.2) is 13.7 Å². The van der Waals surface area contributed by atoms with Gasteiger partial charge in [0.15, 0.2) is 0 Å². The molecule has 0 aliphatic heterocycles. The smallest absolute Gasteiger partial charge is 0.0998 e. The highest BCUT2D eigenvalue weighted by Crippen LogP contribution is 2.40. The van der Waals surface area contributed by atoms with Crippen LogP contribution in [0.25, 0.3) is 93.6 Å². The van der Waals surface area contributed by atoms with Crippen LogP contribution in [-0.2, 0) is 0 Å². The van der Waals surface area contributed by atoms with Crippen molar-refractivity contribution in [2.75, 3.05) is 0 Å². The molecule has 0 saturated heterocycles. The van der Waals surface area contributed by atoms with Gasteiger partial charge in [0.1, 0.15) is 0 Å². The van der Waals surface area contributed by atoms with Gasteiger partial charge in [-0.15, -0.1) is 0 Å². The molecule has 5 heteroatoms. The predicted molar refractivity (Wildman–Crippen MR) is 224 cm³/mol. The van der Waals surface area contributed by atoms with E-state index in [1.54, 1.807) is 0 Å². The Bertz CT molecular complexity index is 3400. The molecule has 254 valence electrons. The fourth-order valence-electron chi connectivity index (χ4n) is 8.85. The number of hydrogen-bond acceptors (Lipinski definition) is 2.